The molecular weight excluding hydrogens is 209 g/mol. The quantitative estimate of drug-likeness (QED) is 0.850. The summed E-state index contributed by atoms with van der Waals surface area (Å²) in [6.45, 7) is 1.67. The first-order valence-electron chi connectivity index (χ1n) is 5.01. The van der Waals surface area contributed by atoms with Crippen molar-refractivity contribution in [3.05, 3.63) is 42.0 Å². The van der Waals surface area contributed by atoms with Crippen LogP contribution in [0.1, 0.15) is 12.6 Å². The van der Waals surface area contributed by atoms with Gasteiger partial charge in [-0.3, -0.25) is 0 Å². The number of para-hydroxylation sites is 1. The number of halogens is 1. The molecular formula is C11H12FN3O. The second-order valence-corrected chi connectivity index (χ2v) is 3.64. The third-order valence-electron chi connectivity index (χ3n) is 2.21. The lowest BCUT2D eigenvalue weighted by molar-refractivity contribution is 0.193. The molecule has 4 nitrogen and oxygen atoms in total. The van der Waals surface area contributed by atoms with Gasteiger partial charge in [0, 0.05) is 6.42 Å². The predicted molar refractivity (Wildman–Crippen MR) is 56.7 cm³/mol. The van der Waals surface area contributed by atoms with Gasteiger partial charge in [0.15, 0.2) is 0 Å². The summed E-state index contributed by atoms with van der Waals surface area (Å²) in [4.78, 5) is 0. The highest BCUT2D eigenvalue weighted by atomic mass is 19.1. The topological polar surface area (TPSA) is 50.9 Å². The van der Waals surface area contributed by atoms with E-state index in [1.807, 2.05) is 0 Å². The highest BCUT2D eigenvalue weighted by Crippen LogP contribution is 2.14. The van der Waals surface area contributed by atoms with Crippen LogP contribution in [0.5, 0.6) is 0 Å². The molecule has 1 N–H and O–H groups in total. The van der Waals surface area contributed by atoms with E-state index in [0.29, 0.717) is 17.8 Å². The summed E-state index contributed by atoms with van der Waals surface area (Å²) in [7, 11) is 0. The first-order valence-corrected chi connectivity index (χ1v) is 5.01. The summed E-state index contributed by atoms with van der Waals surface area (Å²) in [5.41, 5.74) is 1.02. The van der Waals surface area contributed by atoms with E-state index in [4.69, 9.17) is 0 Å². The molecule has 0 amide bonds. The maximum absolute atomic E-state index is 13.5. The predicted octanol–water partition coefficient (Wildman–Crippen LogP) is 1.33. The van der Waals surface area contributed by atoms with E-state index in [0.717, 1.165) is 0 Å². The van der Waals surface area contributed by atoms with Crippen molar-refractivity contribution in [3.8, 4) is 5.69 Å². The van der Waals surface area contributed by atoms with Gasteiger partial charge in [0.05, 0.1) is 18.0 Å². The number of benzene rings is 1. The van der Waals surface area contributed by atoms with E-state index in [-0.39, 0.29) is 5.82 Å². The number of hydrogen-bond acceptors (Lipinski definition) is 3. The lowest BCUT2D eigenvalue weighted by atomic mass is 10.2. The standard InChI is InChI=1S/C11H12FN3O/c1-8(16)6-9-7-13-14-15(9)11-5-3-2-4-10(11)12/h2-5,7-8,16H,6H2,1H3. The first kappa shape index (κ1) is 10.8. The summed E-state index contributed by atoms with van der Waals surface area (Å²) >= 11 is 0. The molecule has 1 atom stereocenters. The monoisotopic (exact) mass is 221 g/mol. The van der Waals surface area contributed by atoms with Crippen LogP contribution in [0.4, 0.5) is 4.39 Å². The van der Waals surface area contributed by atoms with Crippen LogP contribution in [0, 0.1) is 5.82 Å². The molecule has 5 heteroatoms. The van der Waals surface area contributed by atoms with Crippen LogP contribution in [-0.4, -0.2) is 26.2 Å². The lowest BCUT2D eigenvalue weighted by Crippen LogP contribution is -2.11. The van der Waals surface area contributed by atoms with Crippen LogP contribution >= 0.6 is 0 Å². The number of aliphatic hydroxyl groups excluding tert-OH is 1. The maximum Gasteiger partial charge on any atom is 0.148 e. The summed E-state index contributed by atoms with van der Waals surface area (Å²) in [5, 5.41) is 16.8. The van der Waals surface area contributed by atoms with Gasteiger partial charge in [-0.2, -0.15) is 0 Å². The number of nitrogens with zero attached hydrogens (tertiary/aromatic N) is 3. The number of rotatable bonds is 3. The molecule has 1 unspecified atom stereocenters. The zero-order valence-corrected chi connectivity index (χ0v) is 8.84. The minimum atomic E-state index is -0.510. The lowest BCUT2D eigenvalue weighted by Gasteiger charge is -2.08. The van der Waals surface area contributed by atoms with Crippen molar-refractivity contribution in [1.82, 2.24) is 15.0 Å². The van der Waals surface area contributed by atoms with Gasteiger partial charge >= 0.3 is 0 Å². The largest absolute Gasteiger partial charge is 0.393 e. The molecule has 2 rings (SSSR count). The van der Waals surface area contributed by atoms with Gasteiger partial charge in [-0.05, 0) is 19.1 Å². The van der Waals surface area contributed by atoms with Gasteiger partial charge in [0.25, 0.3) is 0 Å². The molecule has 1 aromatic heterocycles. The molecule has 1 heterocycles. The minimum Gasteiger partial charge on any atom is -0.393 e. The maximum atomic E-state index is 13.5. The van der Waals surface area contributed by atoms with E-state index in [1.165, 1.54) is 16.9 Å². The Morgan fingerprint density at radius 1 is 1.44 bits per heavy atom. The summed E-state index contributed by atoms with van der Waals surface area (Å²) in [6.07, 6.45) is 1.41. The molecule has 84 valence electrons. The fourth-order valence-corrected chi connectivity index (χ4v) is 1.52. The Morgan fingerprint density at radius 2 is 2.19 bits per heavy atom. The van der Waals surface area contributed by atoms with Gasteiger partial charge < -0.3 is 5.11 Å². The van der Waals surface area contributed by atoms with Crippen molar-refractivity contribution in [3.63, 3.8) is 0 Å². The fourth-order valence-electron chi connectivity index (χ4n) is 1.52. The van der Waals surface area contributed by atoms with Crippen molar-refractivity contribution in [1.29, 1.82) is 0 Å². The van der Waals surface area contributed by atoms with Crippen molar-refractivity contribution in [2.75, 3.05) is 0 Å². The molecule has 0 fully saturated rings. The molecule has 0 spiro atoms. The molecule has 0 radical (unpaired) electrons. The van der Waals surface area contributed by atoms with Crippen LogP contribution in [0.3, 0.4) is 0 Å². The molecule has 0 bridgehead atoms. The molecule has 0 aliphatic rings. The second kappa shape index (κ2) is 4.40. The normalized spacial score (nSPS) is 12.7. The van der Waals surface area contributed by atoms with E-state index in [9.17, 15) is 9.50 Å². The zero-order valence-electron chi connectivity index (χ0n) is 8.84. The molecule has 1 aromatic carbocycles. The summed E-state index contributed by atoms with van der Waals surface area (Å²) < 4.78 is 14.9. The van der Waals surface area contributed by atoms with E-state index >= 15 is 0 Å². The van der Waals surface area contributed by atoms with E-state index in [1.54, 1.807) is 25.1 Å². The molecule has 0 saturated carbocycles. The SMILES string of the molecule is CC(O)Cc1cnnn1-c1ccccc1F. The first-order chi connectivity index (χ1) is 7.68. The molecule has 0 aliphatic heterocycles. The average molecular weight is 221 g/mol. The third-order valence-corrected chi connectivity index (χ3v) is 2.21. The Hall–Kier alpha value is -1.75. The van der Waals surface area contributed by atoms with Crippen molar-refractivity contribution >= 4 is 0 Å². The Balaban J connectivity index is 2.41. The van der Waals surface area contributed by atoms with E-state index in [2.05, 4.69) is 10.3 Å². The van der Waals surface area contributed by atoms with Crippen LogP contribution in [0.15, 0.2) is 30.5 Å². The Morgan fingerprint density at radius 3 is 2.88 bits per heavy atom. The number of hydrogen-bond donors (Lipinski definition) is 1. The molecule has 0 saturated heterocycles. The second-order valence-electron chi connectivity index (χ2n) is 3.64. The molecule has 16 heavy (non-hydrogen) atoms. The smallest absolute Gasteiger partial charge is 0.148 e. The van der Waals surface area contributed by atoms with Gasteiger partial charge in [0.2, 0.25) is 0 Å². The number of aliphatic hydroxyl groups is 1. The fraction of sp³-hybridized carbons (Fsp3) is 0.273. The Labute approximate surface area is 92.3 Å². The van der Waals surface area contributed by atoms with Gasteiger partial charge in [-0.15, -0.1) is 5.10 Å². The van der Waals surface area contributed by atoms with E-state index < -0.39 is 6.10 Å². The summed E-state index contributed by atoms with van der Waals surface area (Å²) in [6, 6.07) is 6.33. The van der Waals surface area contributed by atoms with Gasteiger partial charge in [0.1, 0.15) is 11.5 Å². The van der Waals surface area contributed by atoms with Crippen molar-refractivity contribution < 1.29 is 9.50 Å². The van der Waals surface area contributed by atoms with Crippen molar-refractivity contribution in [2.24, 2.45) is 0 Å². The minimum absolute atomic E-state index is 0.343. The van der Waals surface area contributed by atoms with Crippen LogP contribution in [0.2, 0.25) is 0 Å². The Kier molecular flexibility index (Phi) is 2.96. The third kappa shape index (κ3) is 2.09. The summed E-state index contributed by atoms with van der Waals surface area (Å²) in [5.74, 6) is -0.361. The Bertz CT molecular complexity index is 482. The number of aromatic nitrogens is 3. The van der Waals surface area contributed by atoms with Gasteiger partial charge in [-0.25, -0.2) is 9.07 Å². The highest BCUT2D eigenvalue weighted by molar-refractivity contribution is 5.33. The van der Waals surface area contributed by atoms with Crippen LogP contribution in [-0.2, 0) is 6.42 Å². The molecule has 0 aliphatic carbocycles. The van der Waals surface area contributed by atoms with Crippen molar-refractivity contribution in [2.45, 2.75) is 19.4 Å². The van der Waals surface area contributed by atoms with Gasteiger partial charge in [-0.1, -0.05) is 17.3 Å². The zero-order chi connectivity index (χ0) is 11.5. The molecule has 2 aromatic rings. The van der Waals surface area contributed by atoms with Crippen LogP contribution in [0.25, 0.3) is 5.69 Å². The highest BCUT2D eigenvalue weighted by Gasteiger charge is 2.11. The average Bonchev–Trinajstić information content (AvgIpc) is 2.66. The van der Waals surface area contributed by atoms with Crippen LogP contribution < -0.4 is 0 Å².